The average molecular weight is 309 g/mol. The standard InChI is InChI=1S/C15H11N5OS/c21-15-13-11(6-7-22-13)16-9-20(15)8-12-17-14(19-18-12)10-4-2-1-3-5-10/h1-7,9H,8H2,(H,17,18,19). The normalized spacial score (nSPS) is 11.1. The first-order valence-corrected chi connectivity index (χ1v) is 7.58. The van der Waals surface area contributed by atoms with Crippen molar-refractivity contribution in [3.05, 3.63) is 64.3 Å². The van der Waals surface area contributed by atoms with Crippen LogP contribution in [0.15, 0.2) is 52.9 Å². The van der Waals surface area contributed by atoms with Gasteiger partial charge in [-0.05, 0) is 11.4 Å². The van der Waals surface area contributed by atoms with Crippen LogP contribution in [0.1, 0.15) is 5.82 Å². The maximum absolute atomic E-state index is 12.3. The summed E-state index contributed by atoms with van der Waals surface area (Å²) in [6.45, 7) is 0.319. The van der Waals surface area contributed by atoms with Gasteiger partial charge >= 0.3 is 0 Å². The lowest BCUT2D eigenvalue weighted by Gasteiger charge is -2.01. The summed E-state index contributed by atoms with van der Waals surface area (Å²) in [5.41, 5.74) is 1.61. The smallest absolute Gasteiger partial charge is 0.271 e. The van der Waals surface area contributed by atoms with Gasteiger partial charge in [0, 0.05) is 5.56 Å². The zero-order valence-corrected chi connectivity index (χ0v) is 12.2. The Morgan fingerprint density at radius 1 is 1.18 bits per heavy atom. The van der Waals surface area contributed by atoms with Gasteiger partial charge < -0.3 is 0 Å². The second-order valence-corrected chi connectivity index (χ2v) is 5.70. The second kappa shape index (κ2) is 5.19. The molecule has 0 atom stereocenters. The monoisotopic (exact) mass is 309 g/mol. The number of hydrogen-bond acceptors (Lipinski definition) is 5. The molecule has 108 valence electrons. The first-order chi connectivity index (χ1) is 10.8. The molecule has 0 amide bonds. The minimum atomic E-state index is -0.0577. The van der Waals surface area contributed by atoms with Crippen molar-refractivity contribution in [2.45, 2.75) is 6.54 Å². The van der Waals surface area contributed by atoms with E-state index in [9.17, 15) is 4.79 Å². The maximum atomic E-state index is 12.3. The summed E-state index contributed by atoms with van der Waals surface area (Å²) < 4.78 is 2.19. The molecule has 0 aliphatic rings. The Bertz CT molecular complexity index is 986. The molecule has 22 heavy (non-hydrogen) atoms. The van der Waals surface area contributed by atoms with Crippen LogP contribution in [0, 0.1) is 0 Å². The number of nitrogens with one attached hydrogen (secondary N) is 1. The number of fused-ring (bicyclic) bond motifs is 1. The topological polar surface area (TPSA) is 76.5 Å². The maximum Gasteiger partial charge on any atom is 0.271 e. The molecule has 0 saturated heterocycles. The van der Waals surface area contributed by atoms with E-state index < -0.39 is 0 Å². The fourth-order valence-corrected chi connectivity index (χ4v) is 3.03. The summed E-state index contributed by atoms with van der Waals surface area (Å²) in [5, 5.41) is 8.94. The average Bonchev–Trinajstić information content (AvgIpc) is 3.20. The lowest BCUT2D eigenvalue weighted by atomic mass is 10.2. The van der Waals surface area contributed by atoms with Crippen molar-refractivity contribution in [1.29, 1.82) is 0 Å². The number of nitrogens with zero attached hydrogens (tertiary/aromatic N) is 4. The molecule has 1 aromatic carbocycles. The molecule has 3 aromatic heterocycles. The minimum Gasteiger partial charge on any atom is -0.290 e. The van der Waals surface area contributed by atoms with Crippen LogP contribution in [0.4, 0.5) is 0 Å². The number of thiophene rings is 1. The van der Waals surface area contributed by atoms with E-state index in [1.807, 2.05) is 41.8 Å². The van der Waals surface area contributed by atoms with E-state index in [2.05, 4.69) is 20.2 Å². The third-order valence-corrected chi connectivity index (χ3v) is 4.21. The van der Waals surface area contributed by atoms with E-state index in [0.29, 0.717) is 22.9 Å². The number of rotatable bonds is 3. The van der Waals surface area contributed by atoms with Gasteiger partial charge in [0.25, 0.3) is 5.56 Å². The van der Waals surface area contributed by atoms with Gasteiger partial charge in [0.1, 0.15) is 10.5 Å². The zero-order valence-electron chi connectivity index (χ0n) is 11.4. The van der Waals surface area contributed by atoms with E-state index in [1.54, 1.807) is 6.33 Å². The van der Waals surface area contributed by atoms with Crippen molar-refractivity contribution in [1.82, 2.24) is 24.7 Å². The molecule has 0 fully saturated rings. The van der Waals surface area contributed by atoms with E-state index in [4.69, 9.17) is 0 Å². The molecular weight excluding hydrogens is 298 g/mol. The fraction of sp³-hybridized carbons (Fsp3) is 0.0667. The number of aromatic nitrogens is 5. The molecular formula is C15H11N5OS. The lowest BCUT2D eigenvalue weighted by molar-refractivity contribution is 0.711. The Morgan fingerprint density at radius 3 is 2.91 bits per heavy atom. The summed E-state index contributed by atoms with van der Waals surface area (Å²) >= 11 is 1.40. The van der Waals surface area contributed by atoms with Crippen molar-refractivity contribution in [3.8, 4) is 11.4 Å². The predicted octanol–water partition coefficient (Wildman–Crippen LogP) is 2.29. The van der Waals surface area contributed by atoms with Crippen molar-refractivity contribution >= 4 is 21.6 Å². The third kappa shape index (κ3) is 2.21. The first-order valence-electron chi connectivity index (χ1n) is 6.70. The molecule has 0 saturated carbocycles. The molecule has 0 spiro atoms. The SMILES string of the molecule is O=c1c2sccc2ncn1Cc1nc(-c2ccccc2)n[nH]1. The van der Waals surface area contributed by atoms with Gasteiger partial charge in [0.2, 0.25) is 0 Å². The van der Waals surface area contributed by atoms with Crippen LogP contribution in [0.3, 0.4) is 0 Å². The molecule has 6 nitrogen and oxygen atoms in total. The Labute approximate surface area is 129 Å². The van der Waals surface area contributed by atoms with E-state index in [0.717, 1.165) is 11.1 Å². The van der Waals surface area contributed by atoms with Crippen LogP contribution in [-0.4, -0.2) is 24.7 Å². The van der Waals surface area contributed by atoms with E-state index in [-0.39, 0.29) is 5.56 Å². The molecule has 1 N–H and O–H groups in total. The Balaban J connectivity index is 1.67. The summed E-state index contributed by atoms with van der Waals surface area (Å²) in [7, 11) is 0. The van der Waals surface area contributed by atoms with Gasteiger partial charge in [-0.25, -0.2) is 9.97 Å². The quantitative estimate of drug-likeness (QED) is 0.630. The number of benzene rings is 1. The van der Waals surface area contributed by atoms with Crippen molar-refractivity contribution in [3.63, 3.8) is 0 Å². The van der Waals surface area contributed by atoms with E-state index in [1.165, 1.54) is 15.9 Å². The van der Waals surface area contributed by atoms with E-state index >= 15 is 0 Å². The van der Waals surface area contributed by atoms with Crippen LogP contribution in [-0.2, 0) is 6.54 Å². The Kier molecular flexibility index (Phi) is 3.05. The van der Waals surface area contributed by atoms with Crippen LogP contribution in [0.2, 0.25) is 0 Å². The summed E-state index contributed by atoms with van der Waals surface area (Å²) in [5.74, 6) is 1.24. The molecule has 0 bridgehead atoms. The largest absolute Gasteiger partial charge is 0.290 e. The number of hydrogen-bond donors (Lipinski definition) is 1. The molecule has 0 radical (unpaired) electrons. The van der Waals surface area contributed by atoms with Crippen LogP contribution >= 0.6 is 11.3 Å². The van der Waals surface area contributed by atoms with Gasteiger partial charge in [-0.15, -0.1) is 11.3 Å². The molecule has 3 heterocycles. The van der Waals surface area contributed by atoms with Crippen LogP contribution in [0.25, 0.3) is 21.6 Å². The van der Waals surface area contributed by atoms with Crippen molar-refractivity contribution < 1.29 is 0 Å². The molecule has 7 heteroatoms. The molecule has 0 aliphatic carbocycles. The third-order valence-electron chi connectivity index (χ3n) is 3.32. The molecule has 4 rings (SSSR count). The highest BCUT2D eigenvalue weighted by molar-refractivity contribution is 7.17. The number of aromatic amines is 1. The minimum absolute atomic E-state index is 0.0577. The fourth-order valence-electron chi connectivity index (χ4n) is 2.24. The highest BCUT2D eigenvalue weighted by Gasteiger charge is 2.09. The van der Waals surface area contributed by atoms with Gasteiger partial charge in [0.15, 0.2) is 5.82 Å². The summed E-state index contributed by atoms with van der Waals surface area (Å²) in [4.78, 5) is 21.1. The Hall–Kier alpha value is -2.80. The second-order valence-electron chi connectivity index (χ2n) is 4.78. The zero-order chi connectivity index (χ0) is 14.9. The molecule has 4 aromatic rings. The molecule has 0 aliphatic heterocycles. The Morgan fingerprint density at radius 2 is 2.05 bits per heavy atom. The highest BCUT2D eigenvalue weighted by atomic mass is 32.1. The van der Waals surface area contributed by atoms with Crippen LogP contribution < -0.4 is 5.56 Å². The van der Waals surface area contributed by atoms with Gasteiger partial charge in [-0.3, -0.25) is 14.5 Å². The van der Waals surface area contributed by atoms with Crippen molar-refractivity contribution in [2.75, 3.05) is 0 Å². The first kappa shape index (κ1) is 12.9. The van der Waals surface area contributed by atoms with Crippen molar-refractivity contribution in [2.24, 2.45) is 0 Å². The lowest BCUT2D eigenvalue weighted by Crippen LogP contribution is -2.20. The van der Waals surface area contributed by atoms with Gasteiger partial charge in [-0.1, -0.05) is 30.3 Å². The number of H-pyrrole nitrogens is 1. The summed E-state index contributed by atoms with van der Waals surface area (Å²) in [6, 6.07) is 11.5. The van der Waals surface area contributed by atoms with Gasteiger partial charge in [0.05, 0.1) is 18.4 Å². The van der Waals surface area contributed by atoms with Crippen LogP contribution in [0.5, 0.6) is 0 Å². The van der Waals surface area contributed by atoms with Gasteiger partial charge in [-0.2, -0.15) is 5.10 Å². The molecule has 0 unspecified atom stereocenters. The highest BCUT2D eigenvalue weighted by Crippen LogP contribution is 2.15. The summed E-state index contributed by atoms with van der Waals surface area (Å²) in [6.07, 6.45) is 1.54. The predicted molar refractivity (Wildman–Crippen MR) is 84.8 cm³/mol.